The maximum absolute atomic E-state index is 10.1. The van der Waals surface area contributed by atoms with Crippen molar-refractivity contribution in [2.45, 2.75) is 18.8 Å². The molecule has 1 N–H and O–H groups in total. The van der Waals surface area contributed by atoms with Crippen LogP contribution < -0.4 is 0 Å². The van der Waals surface area contributed by atoms with Gasteiger partial charge in [-0.15, -0.1) is 0 Å². The summed E-state index contributed by atoms with van der Waals surface area (Å²) < 4.78 is 5.38. The van der Waals surface area contributed by atoms with Gasteiger partial charge >= 0.3 is 0 Å². The summed E-state index contributed by atoms with van der Waals surface area (Å²) in [5, 5.41) is 14.3. The van der Waals surface area contributed by atoms with Crippen LogP contribution in [0, 0.1) is 6.92 Å². The van der Waals surface area contributed by atoms with Gasteiger partial charge in [-0.05, 0) is 12.5 Å². The van der Waals surface area contributed by atoms with E-state index in [-0.39, 0.29) is 0 Å². The topological polar surface area (TPSA) is 46.3 Å². The highest BCUT2D eigenvalue weighted by atomic mass is 32.2. The first-order valence-corrected chi connectivity index (χ1v) is 8.71. The molecular formula is C19H19NO2S. The molecule has 3 aromatic rings. The molecule has 0 aliphatic carbocycles. The van der Waals surface area contributed by atoms with Gasteiger partial charge in [-0.2, -0.15) is 11.8 Å². The molecule has 1 unspecified atom stereocenters. The zero-order valence-electron chi connectivity index (χ0n) is 13.0. The quantitative estimate of drug-likeness (QED) is 0.718. The normalized spacial score (nSPS) is 12.3. The standard InChI is InChI=1S/C19H19NO2S/c1-14-7-9-15(10-8-14)18-11-17(22-20-18)12-23-13-19(21)16-5-3-2-4-6-16/h2-11,19,21H,12-13H2,1H3. The molecule has 0 aliphatic heterocycles. The summed E-state index contributed by atoms with van der Waals surface area (Å²) >= 11 is 1.64. The number of aryl methyl sites for hydroxylation is 1. The van der Waals surface area contributed by atoms with E-state index in [0.29, 0.717) is 11.5 Å². The highest BCUT2D eigenvalue weighted by Gasteiger charge is 2.10. The van der Waals surface area contributed by atoms with Crippen LogP contribution in [0.4, 0.5) is 0 Å². The molecule has 118 valence electrons. The van der Waals surface area contributed by atoms with Crippen molar-refractivity contribution in [3.05, 3.63) is 77.6 Å². The van der Waals surface area contributed by atoms with Crippen LogP contribution in [0.5, 0.6) is 0 Å². The van der Waals surface area contributed by atoms with E-state index in [4.69, 9.17) is 4.52 Å². The van der Waals surface area contributed by atoms with Crippen molar-refractivity contribution in [1.82, 2.24) is 5.16 Å². The lowest BCUT2D eigenvalue weighted by Crippen LogP contribution is -2.00. The zero-order chi connectivity index (χ0) is 16.1. The summed E-state index contributed by atoms with van der Waals surface area (Å²) in [4.78, 5) is 0. The van der Waals surface area contributed by atoms with Gasteiger partial charge in [-0.3, -0.25) is 0 Å². The molecule has 0 saturated carbocycles. The molecule has 4 heteroatoms. The van der Waals surface area contributed by atoms with E-state index in [0.717, 1.165) is 22.6 Å². The summed E-state index contributed by atoms with van der Waals surface area (Å²) in [7, 11) is 0. The van der Waals surface area contributed by atoms with E-state index in [1.165, 1.54) is 5.56 Å². The third kappa shape index (κ3) is 4.24. The molecular weight excluding hydrogens is 306 g/mol. The lowest BCUT2D eigenvalue weighted by Gasteiger charge is -2.09. The van der Waals surface area contributed by atoms with Gasteiger partial charge in [-0.25, -0.2) is 0 Å². The Hall–Kier alpha value is -2.04. The third-order valence-corrected chi connectivity index (χ3v) is 4.65. The van der Waals surface area contributed by atoms with Crippen LogP contribution in [-0.4, -0.2) is 16.0 Å². The zero-order valence-corrected chi connectivity index (χ0v) is 13.8. The lowest BCUT2D eigenvalue weighted by molar-refractivity contribution is 0.204. The first kappa shape index (κ1) is 15.8. The molecule has 3 nitrogen and oxygen atoms in total. The summed E-state index contributed by atoms with van der Waals surface area (Å²) in [5.41, 5.74) is 4.07. The van der Waals surface area contributed by atoms with Gasteiger partial charge in [0, 0.05) is 17.4 Å². The SMILES string of the molecule is Cc1ccc(-c2cc(CSCC(O)c3ccccc3)on2)cc1. The number of rotatable bonds is 6. The number of aliphatic hydroxyl groups excluding tert-OH is 1. The number of hydrogen-bond donors (Lipinski definition) is 1. The molecule has 0 saturated heterocycles. The molecule has 0 bridgehead atoms. The van der Waals surface area contributed by atoms with E-state index in [9.17, 15) is 5.11 Å². The number of hydrogen-bond acceptors (Lipinski definition) is 4. The lowest BCUT2D eigenvalue weighted by atomic mass is 10.1. The largest absolute Gasteiger partial charge is 0.388 e. The van der Waals surface area contributed by atoms with Gasteiger partial charge in [0.15, 0.2) is 0 Å². The Balaban J connectivity index is 1.54. The van der Waals surface area contributed by atoms with Crippen molar-refractivity contribution in [3.63, 3.8) is 0 Å². The van der Waals surface area contributed by atoms with Crippen LogP contribution in [0.3, 0.4) is 0 Å². The minimum Gasteiger partial charge on any atom is -0.388 e. The predicted octanol–water partition coefficient (Wildman–Crippen LogP) is 4.62. The smallest absolute Gasteiger partial charge is 0.147 e. The van der Waals surface area contributed by atoms with Crippen LogP contribution in [0.2, 0.25) is 0 Å². The summed E-state index contributed by atoms with van der Waals surface area (Å²) in [6.07, 6.45) is -0.458. The summed E-state index contributed by atoms with van der Waals surface area (Å²) in [6.45, 7) is 2.06. The molecule has 1 aromatic heterocycles. The fourth-order valence-electron chi connectivity index (χ4n) is 2.28. The third-order valence-electron chi connectivity index (χ3n) is 3.61. The van der Waals surface area contributed by atoms with Gasteiger partial charge in [0.2, 0.25) is 0 Å². The Morgan fingerprint density at radius 1 is 1.09 bits per heavy atom. The molecule has 0 spiro atoms. The van der Waals surface area contributed by atoms with Crippen molar-refractivity contribution in [3.8, 4) is 11.3 Å². The molecule has 3 rings (SSSR count). The highest BCUT2D eigenvalue weighted by molar-refractivity contribution is 7.98. The molecule has 0 aliphatic rings. The van der Waals surface area contributed by atoms with Crippen molar-refractivity contribution in [2.24, 2.45) is 0 Å². The number of thioether (sulfide) groups is 1. The van der Waals surface area contributed by atoms with Gasteiger partial charge < -0.3 is 9.63 Å². The Morgan fingerprint density at radius 3 is 2.57 bits per heavy atom. The van der Waals surface area contributed by atoms with Gasteiger partial charge in [-0.1, -0.05) is 65.3 Å². The molecule has 0 fully saturated rings. The van der Waals surface area contributed by atoms with Crippen molar-refractivity contribution in [2.75, 3.05) is 5.75 Å². The predicted molar refractivity (Wildman–Crippen MR) is 94.2 cm³/mol. The molecule has 0 radical (unpaired) electrons. The second-order valence-corrected chi connectivity index (χ2v) is 6.52. The van der Waals surface area contributed by atoms with Crippen LogP contribution >= 0.6 is 11.8 Å². The molecule has 1 atom stereocenters. The van der Waals surface area contributed by atoms with Crippen molar-refractivity contribution in [1.29, 1.82) is 0 Å². The fourth-order valence-corrected chi connectivity index (χ4v) is 3.15. The Labute approximate surface area is 140 Å². The molecule has 0 amide bonds. The van der Waals surface area contributed by atoms with E-state index < -0.39 is 6.10 Å². The van der Waals surface area contributed by atoms with E-state index in [1.807, 2.05) is 48.5 Å². The molecule has 2 aromatic carbocycles. The monoisotopic (exact) mass is 325 g/mol. The average molecular weight is 325 g/mol. The number of benzene rings is 2. The van der Waals surface area contributed by atoms with Gasteiger partial charge in [0.1, 0.15) is 11.5 Å². The van der Waals surface area contributed by atoms with Crippen LogP contribution in [0.1, 0.15) is 23.0 Å². The second kappa shape index (κ2) is 7.49. The number of aromatic nitrogens is 1. The van der Waals surface area contributed by atoms with Crippen molar-refractivity contribution >= 4 is 11.8 Å². The Morgan fingerprint density at radius 2 is 1.83 bits per heavy atom. The summed E-state index contributed by atoms with van der Waals surface area (Å²) in [6, 6.07) is 19.9. The maximum atomic E-state index is 10.1. The average Bonchev–Trinajstić information content (AvgIpc) is 3.05. The van der Waals surface area contributed by atoms with E-state index in [1.54, 1.807) is 11.8 Å². The van der Waals surface area contributed by atoms with E-state index >= 15 is 0 Å². The van der Waals surface area contributed by atoms with Gasteiger partial charge in [0.05, 0.1) is 11.9 Å². The maximum Gasteiger partial charge on any atom is 0.147 e. The van der Waals surface area contributed by atoms with Crippen molar-refractivity contribution < 1.29 is 9.63 Å². The Kier molecular flexibility index (Phi) is 5.16. The fraction of sp³-hybridized carbons (Fsp3) is 0.211. The number of aliphatic hydroxyl groups is 1. The van der Waals surface area contributed by atoms with Gasteiger partial charge in [0.25, 0.3) is 0 Å². The number of nitrogens with zero attached hydrogens (tertiary/aromatic N) is 1. The molecule has 1 heterocycles. The highest BCUT2D eigenvalue weighted by Crippen LogP contribution is 2.24. The first-order chi connectivity index (χ1) is 11.2. The van der Waals surface area contributed by atoms with E-state index in [2.05, 4.69) is 24.2 Å². The Bertz CT molecular complexity index is 738. The second-order valence-electron chi connectivity index (χ2n) is 5.49. The van der Waals surface area contributed by atoms with Crippen LogP contribution in [0.15, 0.2) is 65.2 Å². The first-order valence-electron chi connectivity index (χ1n) is 7.56. The summed E-state index contributed by atoms with van der Waals surface area (Å²) in [5.74, 6) is 2.15. The minimum absolute atomic E-state index is 0.458. The minimum atomic E-state index is -0.458. The van der Waals surface area contributed by atoms with Crippen LogP contribution in [0.25, 0.3) is 11.3 Å². The van der Waals surface area contributed by atoms with Crippen LogP contribution in [-0.2, 0) is 5.75 Å². The molecule has 23 heavy (non-hydrogen) atoms.